The zero-order valence-electron chi connectivity index (χ0n) is 16.8. The maximum atomic E-state index is 13.0. The largest absolute Gasteiger partial charge is 0.507 e. The summed E-state index contributed by atoms with van der Waals surface area (Å²) in [5, 5.41) is 13.1. The smallest absolute Gasteiger partial charge is 0.301 e. The van der Waals surface area contributed by atoms with Gasteiger partial charge in [-0.05, 0) is 36.8 Å². The van der Waals surface area contributed by atoms with Gasteiger partial charge in [0, 0.05) is 29.5 Å². The van der Waals surface area contributed by atoms with Gasteiger partial charge in [-0.1, -0.05) is 6.07 Å². The topological polar surface area (TPSA) is 102 Å². The molecule has 4 rings (SSSR count). The Bertz CT molecular complexity index is 1150. The summed E-state index contributed by atoms with van der Waals surface area (Å²) in [5.41, 5.74) is 0.929. The summed E-state index contributed by atoms with van der Waals surface area (Å²) in [6.07, 6.45) is 4.56. The predicted molar refractivity (Wildman–Crippen MR) is 115 cm³/mol. The van der Waals surface area contributed by atoms with Crippen LogP contribution in [-0.2, 0) is 9.59 Å². The third-order valence-corrected chi connectivity index (χ3v) is 5.60. The molecule has 9 heteroatoms. The van der Waals surface area contributed by atoms with Crippen molar-refractivity contribution in [2.75, 3.05) is 18.6 Å². The van der Waals surface area contributed by atoms with Crippen LogP contribution in [-0.4, -0.2) is 40.5 Å². The number of anilines is 1. The van der Waals surface area contributed by atoms with Crippen molar-refractivity contribution >= 4 is 33.9 Å². The number of thiazole rings is 1. The summed E-state index contributed by atoms with van der Waals surface area (Å²) in [6, 6.07) is 7.41. The summed E-state index contributed by atoms with van der Waals surface area (Å²) in [7, 11) is 1.51. The molecule has 0 radical (unpaired) electrons. The first-order valence-electron chi connectivity index (χ1n) is 9.48. The number of ether oxygens (including phenoxy) is 2. The Morgan fingerprint density at radius 3 is 2.58 bits per heavy atom. The lowest BCUT2D eigenvalue weighted by Gasteiger charge is -2.23. The molecule has 1 aromatic carbocycles. The van der Waals surface area contributed by atoms with E-state index >= 15 is 0 Å². The molecular weight excluding hydrogens is 418 g/mol. The first kappa shape index (κ1) is 20.5. The third-order valence-electron chi connectivity index (χ3n) is 4.83. The molecule has 8 nitrogen and oxygen atoms in total. The molecule has 3 aromatic rings. The van der Waals surface area contributed by atoms with Crippen LogP contribution in [0.2, 0.25) is 0 Å². The molecule has 2 aromatic heterocycles. The Morgan fingerprint density at radius 1 is 1.16 bits per heavy atom. The monoisotopic (exact) mass is 437 g/mol. The summed E-state index contributed by atoms with van der Waals surface area (Å²) < 4.78 is 11.0. The summed E-state index contributed by atoms with van der Waals surface area (Å²) in [6.45, 7) is 2.31. The molecule has 3 heterocycles. The maximum Gasteiger partial charge on any atom is 0.301 e. The number of methoxy groups -OCH3 is 1. The molecule has 1 saturated heterocycles. The van der Waals surface area contributed by atoms with Gasteiger partial charge in [0.05, 0.1) is 25.3 Å². The molecule has 1 fully saturated rings. The highest BCUT2D eigenvalue weighted by atomic mass is 32.1. The summed E-state index contributed by atoms with van der Waals surface area (Å²) in [4.78, 5) is 35.5. The molecule has 0 bridgehead atoms. The third kappa shape index (κ3) is 3.64. The van der Waals surface area contributed by atoms with Gasteiger partial charge in [0.25, 0.3) is 5.78 Å². The average molecular weight is 437 g/mol. The lowest BCUT2D eigenvalue weighted by Crippen LogP contribution is -2.29. The average Bonchev–Trinajstić information content (AvgIpc) is 3.41. The number of nitrogens with zero attached hydrogens (tertiary/aromatic N) is 3. The van der Waals surface area contributed by atoms with Crippen molar-refractivity contribution in [3.05, 3.63) is 71.0 Å². The lowest BCUT2D eigenvalue weighted by atomic mass is 9.95. The molecule has 1 atom stereocenters. The molecule has 1 aliphatic rings. The molecule has 1 unspecified atom stereocenters. The van der Waals surface area contributed by atoms with Gasteiger partial charge >= 0.3 is 5.91 Å². The second kappa shape index (κ2) is 8.57. The standard InChI is InChI=1S/C22H19N3O5S/c1-3-30-15-5-4-14(12-16(15)29-2)18-17(19(26)13-6-8-23-9-7-13)20(27)21(28)25(18)22-24-10-11-31-22/h4-12,18,26H,3H2,1-2H3. The number of aliphatic hydroxyl groups is 1. The van der Waals surface area contributed by atoms with E-state index in [1.165, 1.54) is 35.7 Å². The first-order valence-corrected chi connectivity index (χ1v) is 10.4. The van der Waals surface area contributed by atoms with Crippen molar-refractivity contribution < 1.29 is 24.2 Å². The zero-order chi connectivity index (χ0) is 22.0. The quantitative estimate of drug-likeness (QED) is 0.357. The van der Waals surface area contributed by atoms with E-state index in [1.54, 1.807) is 41.9 Å². The lowest BCUT2D eigenvalue weighted by molar-refractivity contribution is -0.132. The van der Waals surface area contributed by atoms with Gasteiger partial charge < -0.3 is 14.6 Å². The van der Waals surface area contributed by atoms with E-state index in [0.717, 1.165) is 0 Å². The molecule has 31 heavy (non-hydrogen) atoms. The fourth-order valence-electron chi connectivity index (χ4n) is 3.47. The van der Waals surface area contributed by atoms with Crippen molar-refractivity contribution in [3.8, 4) is 11.5 Å². The van der Waals surface area contributed by atoms with Gasteiger partial charge in [-0.25, -0.2) is 4.98 Å². The normalized spacial score (nSPS) is 17.7. The van der Waals surface area contributed by atoms with Crippen molar-refractivity contribution in [2.45, 2.75) is 13.0 Å². The number of benzene rings is 1. The number of hydrogen-bond acceptors (Lipinski definition) is 8. The fraction of sp³-hybridized carbons (Fsp3) is 0.182. The minimum Gasteiger partial charge on any atom is -0.507 e. The molecule has 1 amide bonds. The van der Waals surface area contributed by atoms with Crippen molar-refractivity contribution in [2.24, 2.45) is 0 Å². The second-order valence-electron chi connectivity index (χ2n) is 6.56. The van der Waals surface area contributed by atoms with Gasteiger partial charge in [0.15, 0.2) is 16.6 Å². The predicted octanol–water partition coefficient (Wildman–Crippen LogP) is 3.57. The highest BCUT2D eigenvalue weighted by molar-refractivity contribution is 7.14. The van der Waals surface area contributed by atoms with Crippen LogP contribution in [0.15, 0.2) is 59.9 Å². The zero-order valence-corrected chi connectivity index (χ0v) is 17.6. The number of amides is 1. The van der Waals surface area contributed by atoms with Gasteiger partial charge in [-0.2, -0.15) is 0 Å². The van der Waals surface area contributed by atoms with E-state index in [2.05, 4.69) is 9.97 Å². The van der Waals surface area contributed by atoms with Crippen LogP contribution in [0, 0.1) is 0 Å². The molecule has 0 spiro atoms. The number of ketones is 1. The Morgan fingerprint density at radius 2 is 1.94 bits per heavy atom. The van der Waals surface area contributed by atoms with Crippen molar-refractivity contribution in [1.82, 2.24) is 9.97 Å². The van der Waals surface area contributed by atoms with Crippen LogP contribution >= 0.6 is 11.3 Å². The number of hydrogen-bond donors (Lipinski definition) is 1. The SMILES string of the molecule is CCOc1ccc(C2C(=C(O)c3ccncc3)C(=O)C(=O)N2c2nccs2)cc1OC. The first-order chi connectivity index (χ1) is 15.1. The van der Waals surface area contributed by atoms with Crippen molar-refractivity contribution in [1.29, 1.82) is 0 Å². The number of aromatic nitrogens is 2. The van der Waals surface area contributed by atoms with Crippen LogP contribution in [0.5, 0.6) is 11.5 Å². The molecular formula is C22H19N3O5S. The molecule has 1 N–H and O–H groups in total. The summed E-state index contributed by atoms with van der Waals surface area (Å²) >= 11 is 1.23. The van der Waals surface area contributed by atoms with E-state index in [9.17, 15) is 14.7 Å². The van der Waals surface area contributed by atoms with E-state index in [0.29, 0.717) is 34.4 Å². The van der Waals surface area contributed by atoms with Crippen molar-refractivity contribution in [3.63, 3.8) is 0 Å². The second-order valence-corrected chi connectivity index (χ2v) is 7.44. The molecule has 158 valence electrons. The van der Waals surface area contributed by atoms with Crippen LogP contribution in [0.25, 0.3) is 5.76 Å². The van der Waals surface area contributed by atoms with Gasteiger partial charge in [-0.15, -0.1) is 11.3 Å². The van der Waals surface area contributed by atoms with E-state index in [4.69, 9.17) is 9.47 Å². The minimum absolute atomic E-state index is 0.0300. The Hall–Kier alpha value is -3.72. The van der Waals surface area contributed by atoms with Gasteiger partial charge in [0.2, 0.25) is 0 Å². The number of Topliss-reactive ketones (excluding diaryl/α,β-unsaturated/α-hetero) is 1. The van der Waals surface area contributed by atoms with Crippen LogP contribution < -0.4 is 14.4 Å². The number of pyridine rings is 1. The Kier molecular flexibility index (Phi) is 5.68. The summed E-state index contributed by atoms with van der Waals surface area (Å²) in [5.74, 6) is -0.842. The maximum absolute atomic E-state index is 13.0. The van der Waals surface area contributed by atoms with E-state index in [-0.39, 0.29) is 11.3 Å². The fourth-order valence-corrected chi connectivity index (χ4v) is 4.14. The number of rotatable bonds is 6. The highest BCUT2D eigenvalue weighted by Crippen LogP contribution is 2.44. The number of carbonyl (C=O) groups is 2. The molecule has 1 aliphatic heterocycles. The van der Waals surface area contributed by atoms with Crippen LogP contribution in [0.1, 0.15) is 24.1 Å². The van der Waals surface area contributed by atoms with Gasteiger partial charge in [0.1, 0.15) is 5.76 Å². The van der Waals surface area contributed by atoms with Crippen LogP contribution in [0.4, 0.5) is 5.13 Å². The van der Waals surface area contributed by atoms with E-state index in [1.807, 2.05) is 6.92 Å². The van der Waals surface area contributed by atoms with Crippen LogP contribution in [0.3, 0.4) is 0 Å². The van der Waals surface area contributed by atoms with Gasteiger partial charge in [-0.3, -0.25) is 19.5 Å². The molecule has 0 saturated carbocycles. The molecule has 0 aliphatic carbocycles. The number of aliphatic hydroxyl groups excluding tert-OH is 1. The van der Waals surface area contributed by atoms with E-state index < -0.39 is 17.7 Å². The Balaban J connectivity index is 1.93. The minimum atomic E-state index is -0.885. The highest BCUT2D eigenvalue weighted by Gasteiger charge is 2.48. The Labute approximate surface area is 182 Å². The number of carbonyl (C=O) groups excluding carboxylic acids is 2.